The van der Waals surface area contributed by atoms with Crippen LogP contribution >= 0.6 is 11.8 Å². The van der Waals surface area contributed by atoms with Crippen LogP contribution in [-0.4, -0.2) is 48.8 Å². The van der Waals surface area contributed by atoms with Crippen LogP contribution in [-0.2, 0) is 5.41 Å². The zero-order valence-electron chi connectivity index (χ0n) is 21.6. The Morgan fingerprint density at radius 1 is 1.17 bits per heavy atom. The van der Waals surface area contributed by atoms with Crippen LogP contribution in [0.2, 0.25) is 0 Å². The third kappa shape index (κ3) is 4.71. The monoisotopic (exact) mass is 506 g/mol. The number of amidine groups is 1. The smallest absolute Gasteiger partial charge is 0.299 e. The fraction of sp³-hybridized carbons (Fsp3) is 0.464. The van der Waals surface area contributed by atoms with Crippen molar-refractivity contribution in [2.24, 2.45) is 10.1 Å². The predicted molar refractivity (Wildman–Crippen MR) is 147 cm³/mol. The SMILES string of the molecule is CCC1SC(=O)NN=C1c1ccc2c(c1)C(C)(C)CCN2C(=NC1CC1)c1ccc(OC)c(OC)c1. The normalized spacial score (nSPS) is 21.4. The Hall–Kier alpha value is -3.00. The lowest BCUT2D eigenvalue weighted by atomic mass is 9.76. The van der Waals surface area contributed by atoms with E-state index < -0.39 is 0 Å². The first-order valence-corrected chi connectivity index (χ1v) is 13.5. The summed E-state index contributed by atoms with van der Waals surface area (Å²) in [6.07, 6.45) is 4.10. The van der Waals surface area contributed by atoms with Gasteiger partial charge in [-0.1, -0.05) is 38.6 Å². The van der Waals surface area contributed by atoms with E-state index in [1.807, 2.05) is 12.1 Å². The molecule has 1 aliphatic carbocycles. The first-order valence-electron chi connectivity index (χ1n) is 12.6. The highest BCUT2D eigenvalue weighted by Crippen LogP contribution is 2.42. The van der Waals surface area contributed by atoms with Crippen molar-refractivity contribution in [1.29, 1.82) is 0 Å². The summed E-state index contributed by atoms with van der Waals surface area (Å²) in [6, 6.07) is 13.0. The molecule has 2 aromatic rings. The van der Waals surface area contributed by atoms with Crippen molar-refractivity contribution in [2.45, 2.75) is 63.2 Å². The quantitative estimate of drug-likeness (QED) is 0.399. The molecular formula is C28H34N4O3S. The number of hydrogen-bond acceptors (Lipinski definition) is 6. The molecule has 0 radical (unpaired) electrons. The number of benzene rings is 2. The van der Waals surface area contributed by atoms with Crippen molar-refractivity contribution in [1.82, 2.24) is 5.43 Å². The molecule has 1 saturated carbocycles. The Morgan fingerprint density at radius 3 is 2.64 bits per heavy atom. The number of ether oxygens (including phenoxy) is 2. The molecule has 0 aromatic heterocycles. The van der Waals surface area contributed by atoms with Crippen molar-refractivity contribution in [3.8, 4) is 11.5 Å². The van der Waals surface area contributed by atoms with Gasteiger partial charge in [0.2, 0.25) is 0 Å². The van der Waals surface area contributed by atoms with Gasteiger partial charge in [0.05, 0.1) is 31.2 Å². The molecule has 1 unspecified atom stereocenters. The molecule has 1 atom stereocenters. The second-order valence-corrected chi connectivity index (χ2v) is 11.4. The average molecular weight is 507 g/mol. The van der Waals surface area contributed by atoms with Gasteiger partial charge in [-0.3, -0.25) is 9.79 Å². The van der Waals surface area contributed by atoms with E-state index in [1.165, 1.54) is 23.0 Å². The van der Waals surface area contributed by atoms with Gasteiger partial charge in [0.1, 0.15) is 5.84 Å². The summed E-state index contributed by atoms with van der Waals surface area (Å²) in [5.74, 6) is 2.39. The second-order valence-electron chi connectivity index (χ2n) is 10.2. The first kappa shape index (κ1) is 24.7. The maximum absolute atomic E-state index is 11.9. The van der Waals surface area contributed by atoms with Gasteiger partial charge in [-0.05, 0) is 72.6 Å². The van der Waals surface area contributed by atoms with E-state index in [1.54, 1.807) is 14.2 Å². The molecule has 36 heavy (non-hydrogen) atoms. The van der Waals surface area contributed by atoms with E-state index in [0.29, 0.717) is 17.5 Å². The molecule has 8 heteroatoms. The third-order valence-electron chi connectivity index (χ3n) is 7.21. The van der Waals surface area contributed by atoms with Crippen LogP contribution in [0.15, 0.2) is 46.5 Å². The average Bonchev–Trinajstić information content (AvgIpc) is 3.71. The largest absolute Gasteiger partial charge is 0.493 e. The standard InChI is InChI=1S/C28H34N4O3S/c1-6-24-25(30-31-27(33)36-24)17-7-11-21-20(15-17)28(2,3)13-14-32(21)26(29-19-9-10-19)18-8-12-22(34-4)23(16-18)35-5/h7-8,11-12,15-16,19,24H,6,9-10,13-14H2,1-5H3,(H,31,33). The molecule has 7 nitrogen and oxygen atoms in total. The number of rotatable bonds is 6. The van der Waals surface area contributed by atoms with E-state index in [9.17, 15) is 4.79 Å². The summed E-state index contributed by atoms with van der Waals surface area (Å²) in [5.41, 5.74) is 8.12. The number of methoxy groups -OCH3 is 2. The number of hydrazone groups is 1. The van der Waals surface area contributed by atoms with E-state index in [-0.39, 0.29) is 15.9 Å². The van der Waals surface area contributed by atoms with Crippen molar-refractivity contribution in [3.63, 3.8) is 0 Å². The lowest BCUT2D eigenvalue weighted by Gasteiger charge is -2.41. The minimum Gasteiger partial charge on any atom is -0.493 e. The van der Waals surface area contributed by atoms with Crippen LogP contribution < -0.4 is 19.8 Å². The molecule has 0 saturated heterocycles. The van der Waals surface area contributed by atoms with E-state index in [2.05, 4.69) is 60.5 Å². The summed E-state index contributed by atoms with van der Waals surface area (Å²) in [4.78, 5) is 19.4. The number of thioether (sulfide) groups is 1. The number of aliphatic imine (C=N–C) groups is 1. The van der Waals surface area contributed by atoms with Crippen LogP contribution in [0.3, 0.4) is 0 Å². The van der Waals surface area contributed by atoms with Crippen LogP contribution in [0.5, 0.6) is 11.5 Å². The van der Waals surface area contributed by atoms with Gasteiger partial charge in [-0.15, -0.1) is 0 Å². The molecule has 190 valence electrons. The highest BCUT2D eigenvalue weighted by Gasteiger charge is 2.36. The molecule has 0 spiro atoms. The minimum atomic E-state index is -0.0917. The number of amides is 1. The van der Waals surface area contributed by atoms with Crippen molar-refractivity contribution >= 4 is 34.2 Å². The summed E-state index contributed by atoms with van der Waals surface area (Å²) in [5, 5.41) is 4.41. The lowest BCUT2D eigenvalue weighted by Crippen LogP contribution is -2.42. The highest BCUT2D eigenvalue weighted by atomic mass is 32.2. The van der Waals surface area contributed by atoms with Gasteiger partial charge < -0.3 is 14.4 Å². The zero-order chi connectivity index (χ0) is 25.4. The Morgan fingerprint density at radius 2 is 1.94 bits per heavy atom. The van der Waals surface area contributed by atoms with Gasteiger partial charge in [0.15, 0.2) is 11.5 Å². The zero-order valence-corrected chi connectivity index (χ0v) is 22.4. The highest BCUT2D eigenvalue weighted by molar-refractivity contribution is 8.14. The molecule has 2 aromatic carbocycles. The number of nitrogens with one attached hydrogen (secondary N) is 1. The summed E-state index contributed by atoms with van der Waals surface area (Å²) in [6.45, 7) is 7.58. The molecule has 5 rings (SSSR count). The predicted octanol–water partition coefficient (Wildman–Crippen LogP) is 5.74. The third-order valence-corrected chi connectivity index (χ3v) is 8.36. The molecule has 2 aliphatic heterocycles. The number of hydrogen-bond donors (Lipinski definition) is 1. The van der Waals surface area contributed by atoms with Crippen molar-refractivity contribution in [2.75, 3.05) is 25.7 Å². The number of nitrogens with zero attached hydrogens (tertiary/aromatic N) is 3. The Bertz CT molecular complexity index is 1240. The molecule has 1 amide bonds. The molecule has 2 heterocycles. The van der Waals surface area contributed by atoms with Gasteiger partial charge in [-0.2, -0.15) is 5.10 Å². The molecule has 1 N–H and O–H groups in total. The summed E-state index contributed by atoms with van der Waals surface area (Å²) >= 11 is 1.32. The maximum Gasteiger partial charge on any atom is 0.299 e. The van der Waals surface area contributed by atoms with E-state index in [0.717, 1.165) is 54.9 Å². The second kappa shape index (κ2) is 9.81. The molecule has 0 bridgehead atoms. The molecule has 3 aliphatic rings. The molecular weight excluding hydrogens is 472 g/mol. The topological polar surface area (TPSA) is 75.5 Å². The number of carbonyl (C=O) groups excluding carboxylic acids is 1. The summed E-state index contributed by atoms with van der Waals surface area (Å²) < 4.78 is 11.1. The fourth-order valence-corrected chi connectivity index (χ4v) is 5.73. The van der Waals surface area contributed by atoms with Crippen molar-refractivity contribution in [3.05, 3.63) is 53.1 Å². The Balaban J connectivity index is 1.58. The van der Waals surface area contributed by atoms with Crippen LogP contribution in [0.25, 0.3) is 0 Å². The van der Waals surface area contributed by atoms with Gasteiger partial charge in [0.25, 0.3) is 5.24 Å². The Kier molecular flexibility index (Phi) is 6.72. The fourth-order valence-electron chi connectivity index (χ4n) is 4.91. The number of fused-ring (bicyclic) bond motifs is 1. The number of carbonyl (C=O) groups is 1. The van der Waals surface area contributed by atoms with Crippen LogP contribution in [0, 0.1) is 0 Å². The maximum atomic E-state index is 11.9. The molecule has 1 fully saturated rings. The van der Waals surface area contributed by atoms with Gasteiger partial charge in [-0.25, -0.2) is 5.43 Å². The first-order chi connectivity index (χ1) is 17.3. The van der Waals surface area contributed by atoms with Crippen molar-refractivity contribution < 1.29 is 14.3 Å². The number of anilines is 1. The Labute approximate surface area is 217 Å². The summed E-state index contributed by atoms with van der Waals surface area (Å²) in [7, 11) is 3.32. The van der Waals surface area contributed by atoms with Crippen LogP contribution in [0.4, 0.5) is 10.5 Å². The van der Waals surface area contributed by atoms with E-state index in [4.69, 9.17) is 14.5 Å². The van der Waals surface area contributed by atoms with Gasteiger partial charge >= 0.3 is 0 Å². The van der Waals surface area contributed by atoms with Gasteiger partial charge in [0, 0.05) is 17.8 Å². The van der Waals surface area contributed by atoms with Crippen LogP contribution in [0.1, 0.15) is 63.1 Å². The van der Waals surface area contributed by atoms with E-state index >= 15 is 0 Å². The minimum absolute atomic E-state index is 0.00252. The lowest BCUT2D eigenvalue weighted by molar-refractivity contribution is 0.260.